The Labute approximate surface area is 101 Å². The summed E-state index contributed by atoms with van der Waals surface area (Å²) in [6.45, 7) is 1.85. The first-order valence-electron chi connectivity index (χ1n) is 4.87. The summed E-state index contributed by atoms with van der Waals surface area (Å²) in [4.78, 5) is 24.3. The monoisotopic (exact) mass is 253 g/mol. The van der Waals surface area contributed by atoms with Crippen LogP contribution in [0, 0.1) is 6.92 Å². The van der Waals surface area contributed by atoms with Crippen molar-refractivity contribution in [2.45, 2.75) is 6.92 Å². The number of carbonyl (C=O) groups is 1. The van der Waals surface area contributed by atoms with Crippen LogP contribution >= 0.6 is 11.3 Å². The van der Waals surface area contributed by atoms with Crippen molar-refractivity contribution in [3.8, 4) is 5.75 Å². The Morgan fingerprint density at radius 1 is 1.53 bits per heavy atom. The molecule has 0 fully saturated rings. The number of hydrogen-bond acceptors (Lipinski definition) is 5. The number of nitrogens with zero attached hydrogens (tertiary/aromatic N) is 1. The van der Waals surface area contributed by atoms with Gasteiger partial charge in [0.25, 0.3) is 5.56 Å². The van der Waals surface area contributed by atoms with Gasteiger partial charge in [-0.15, -0.1) is 11.3 Å². The first-order chi connectivity index (χ1) is 7.99. The van der Waals surface area contributed by atoms with Crippen molar-refractivity contribution in [2.75, 3.05) is 7.11 Å². The zero-order valence-electron chi connectivity index (χ0n) is 9.60. The van der Waals surface area contributed by atoms with Crippen LogP contribution in [0.15, 0.2) is 10.2 Å². The summed E-state index contributed by atoms with van der Waals surface area (Å²) < 4.78 is 5.85. The molecule has 0 aliphatic carbocycles. The Morgan fingerprint density at radius 2 is 2.18 bits per heavy atom. The number of esters is 1. The topological polar surface area (TPSA) is 68.5 Å². The normalized spacial score (nSPS) is 10.8. The first kappa shape index (κ1) is 11.7. The Kier molecular flexibility index (Phi) is 2.66. The number of ether oxygens (including phenoxy) is 1. The van der Waals surface area contributed by atoms with Crippen LogP contribution in [0.25, 0.3) is 10.9 Å². The summed E-state index contributed by atoms with van der Waals surface area (Å²) in [7, 11) is 2.74. The van der Waals surface area contributed by atoms with Gasteiger partial charge in [0.2, 0.25) is 0 Å². The highest BCUT2D eigenvalue weighted by Crippen LogP contribution is 2.32. The van der Waals surface area contributed by atoms with Crippen LogP contribution in [-0.2, 0) is 11.8 Å². The molecule has 0 saturated heterocycles. The molecule has 0 aliphatic heterocycles. The smallest absolute Gasteiger partial charge is 0.347 e. The molecule has 1 N–H and O–H groups in total. The maximum absolute atomic E-state index is 12.0. The van der Waals surface area contributed by atoms with Gasteiger partial charge in [-0.25, -0.2) is 4.79 Å². The van der Waals surface area contributed by atoms with E-state index >= 15 is 0 Å². The van der Waals surface area contributed by atoms with Crippen LogP contribution in [0.3, 0.4) is 0 Å². The second kappa shape index (κ2) is 3.89. The number of aryl methyl sites for hydroxylation is 2. The van der Waals surface area contributed by atoms with E-state index in [9.17, 15) is 14.7 Å². The van der Waals surface area contributed by atoms with Gasteiger partial charge in [-0.1, -0.05) is 0 Å². The highest BCUT2D eigenvalue weighted by Gasteiger charge is 2.22. The molecule has 0 aromatic carbocycles. The lowest BCUT2D eigenvalue weighted by molar-refractivity contribution is 0.0595. The zero-order valence-corrected chi connectivity index (χ0v) is 10.4. The van der Waals surface area contributed by atoms with E-state index in [0.717, 1.165) is 4.88 Å². The Bertz CT molecular complexity index is 668. The molecule has 2 heterocycles. The van der Waals surface area contributed by atoms with E-state index < -0.39 is 11.5 Å². The Balaban J connectivity index is 2.98. The van der Waals surface area contributed by atoms with Crippen molar-refractivity contribution in [1.82, 2.24) is 4.57 Å². The van der Waals surface area contributed by atoms with Gasteiger partial charge < -0.3 is 14.4 Å². The van der Waals surface area contributed by atoms with Crippen molar-refractivity contribution < 1.29 is 14.6 Å². The van der Waals surface area contributed by atoms with Crippen molar-refractivity contribution in [3.05, 3.63) is 26.2 Å². The van der Waals surface area contributed by atoms with Gasteiger partial charge in [-0.05, 0) is 6.92 Å². The lowest BCUT2D eigenvalue weighted by Crippen LogP contribution is -2.25. The van der Waals surface area contributed by atoms with E-state index in [1.807, 2.05) is 6.92 Å². The number of rotatable bonds is 1. The molecule has 0 amide bonds. The van der Waals surface area contributed by atoms with Crippen LogP contribution in [0.4, 0.5) is 0 Å². The molecule has 2 aromatic heterocycles. The number of hydrogen-bond donors (Lipinski definition) is 1. The number of fused-ring (bicyclic) bond motifs is 1. The highest BCUT2D eigenvalue weighted by molar-refractivity contribution is 7.11. The molecule has 90 valence electrons. The molecule has 0 saturated carbocycles. The van der Waals surface area contributed by atoms with Crippen LogP contribution in [0.2, 0.25) is 0 Å². The third-order valence-corrected chi connectivity index (χ3v) is 3.58. The number of aromatic hydroxyl groups is 1. The number of pyridine rings is 1. The quantitative estimate of drug-likeness (QED) is 0.780. The fourth-order valence-electron chi connectivity index (χ4n) is 1.82. The third kappa shape index (κ3) is 1.52. The van der Waals surface area contributed by atoms with E-state index in [1.54, 1.807) is 12.4 Å². The fraction of sp³-hybridized carbons (Fsp3) is 0.273. The first-order valence-corrected chi connectivity index (χ1v) is 5.75. The molecule has 0 bridgehead atoms. The third-order valence-electron chi connectivity index (χ3n) is 2.68. The number of carbonyl (C=O) groups excluding carboxylic acids is 1. The molecule has 2 aromatic rings. The van der Waals surface area contributed by atoms with E-state index in [-0.39, 0.29) is 11.3 Å². The van der Waals surface area contributed by atoms with E-state index in [2.05, 4.69) is 4.74 Å². The second-order valence-corrected chi connectivity index (χ2v) is 4.72. The summed E-state index contributed by atoms with van der Waals surface area (Å²) in [6, 6.07) is 0. The van der Waals surface area contributed by atoms with Crippen LogP contribution < -0.4 is 5.56 Å². The SMILES string of the molecule is COC(=O)c1c(O)c2csc(C)c2n(C)c1=O. The maximum atomic E-state index is 12.0. The predicted molar refractivity (Wildman–Crippen MR) is 64.8 cm³/mol. The van der Waals surface area contributed by atoms with Gasteiger partial charge in [0, 0.05) is 17.3 Å². The Hall–Kier alpha value is -1.82. The van der Waals surface area contributed by atoms with Gasteiger partial charge in [0.15, 0.2) is 5.56 Å². The Morgan fingerprint density at radius 3 is 2.76 bits per heavy atom. The fourth-order valence-corrected chi connectivity index (χ4v) is 2.70. The molecular formula is C11H11NO4S. The van der Waals surface area contributed by atoms with Gasteiger partial charge in [-0.3, -0.25) is 4.79 Å². The summed E-state index contributed by atoms with van der Waals surface area (Å²) in [5.74, 6) is -1.13. The van der Waals surface area contributed by atoms with Crippen molar-refractivity contribution >= 4 is 28.2 Å². The molecule has 0 aliphatic rings. The lowest BCUT2D eigenvalue weighted by atomic mass is 10.1. The molecular weight excluding hydrogens is 242 g/mol. The van der Waals surface area contributed by atoms with Crippen LogP contribution in [0.1, 0.15) is 15.2 Å². The molecule has 0 radical (unpaired) electrons. The highest BCUT2D eigenvalue weighted by atomic mass is 32.1. The summed E-state index contributed by atoms with van der Waals surface area (Å²) >= 11 is 1.41. The molecule has 0 spiro atoms. The van der Waals surface area contributed by atoms with E-state index in [4.69, 9.17) is 0 Å². The van der Waals surface area contributed by atoms with E-state index in [1.165, 1.54) is 23.0 Å². The van der Waals surface area contributed by atoms with Gasteiger partial charge in [-0.2, -0.15) is 0 Å². The minimum Gasteiger partial charge on any atom is -0.506 e. The minimum atomic E-state index is -0.825. The summed E-state index contributed by atoms with van der Waals surface area (Å²) in [5, 5.41) is 12.2. The van der Waals surface area contributed by atoms with Crippen LogP contribution in [-0.4, -0.2) is 22.8 Å². The molecule has 0 unspecified atom stereocenters. The van der Waals surface area contributed by atoms with Crippen LogP contribution in [0.5, 0.6) is 5.75 Å². The second-order valence-electron chi connectivity index (χ2n) is 3.63. The molecule has 0 atom stereocenters. The summed E-state index contributed by atoms with van der Waals surface area (Å²) in [5.41, 5.74) is -0.228. The number of methoxy groups -OCH3 is 1. The number of thiophene rings is 1. The lowest BCUT2D eigenvalue weighted by Gasteiger charge is -2.08. The maximum Gasteiger partial charge on any atom is 0.347 e. The van der Waals surface area contributed by atoms with Crippen molar-refractivity contribution in [3.63, 3.8) is 0 Å². The molecule has 6 heteroatoms. The standard InChI is InChI=1S/C11H11NO4S/c1-5-8-6(4-17-5)9(13)7(11(15)16-3)10(14)12(8)2/h4,13H,1-3H3. The van der Waals surface area contributed by atoms with Gasteiger partial charge >= 0.3 is 5.97 Å². The zero-order chi connectivity index (χ0) is 12.7. The molecule has 5 nitrogen and oxygen atoms in total. The predicted octanol–water partition coefficient (Wildman–Crippen LogP) is 1.40. The number of aromatic nitrogens is 1. The largest absolute Gasteiger partial charge is 0.506 e. The average molecular weight is 253 g/mol. The van der Waals surface area contributed by atoms with Gasteiger partial charge in [0.05, 0.1) is 18.0 Å². The average Bonchev–Trinajstić information content (AvgIpc) is 2.68. The minimum absolute atomic E-state index is 0.306. The van der Waals surface area contributed by atoms with E-state index in [0.29, 0.717) is 10.9 Å². The van der Waals surface area contributed by atoms with Gasteiger partial charge in [0.1, 0.15) is 5.75 Å². The molecule has 2 rings (SSSR count). The van der Waals surface area contributed by atoms with Crippen molar-refractivity contribution in [2.24, 2.45) is 7.05 Å². The molecule has 17 heavy (non-hydrogen) atoms. The van der Waals surface area contributed by atoms with Crippen molar-refractivity contribution in [1.29, 1.82) is 0 Å². The summed E-state index contributed by atoms with van der Waals surface area (Å²) in [6.07, 6.45) is 0.